The smallest absolute Gasteiger partial charge is 0.226 e. The first-order valence-electron chi connectivity index (χ1n) is 10.3. The van der Waals surface area contributed by atoms with Crippen molar-refractivity contribution in [1.29, 1.82) is 0 Å². The Balaban J connectivity index is 1.69. The predicted molar refractivity (Wildman–Crippen MR) is 127 cm³/mol. The molecule has 2 aromatic heterocycles. The summed E-state index contributed by atoms with van der Waals surface area (Å²) >= 11 is 1.63. The molecule has 4 aromatic rings. The van der Waals surface area contributed by atoms with E-state index in [9.17, 15) is 0 Å². The topological polar surface area (TPSA) is 35.0 Å². The highest BCUT2D eigenvalue weighted by Gasteiger charge is 2.18. The van der Waals surface area contributed by atoms with Crippen molar-refractivity contribution >= 4 is 21.6 Å². The van der Waals surface area contributed by atoms with Crippen LogP contribution in [0.25, 0.3) is 21.3 Å². The molecule has 0 unspecified atom stereocenters. The molecule has 0 spiro atoms. The van der Waals surface area contributed by atoms with Crippen molar-refractivity contribution in [2.45, 2.75) is 53.6 Å². The molecule has 0 aliphatic carbocycles. The molecule has 0 N–H and O–H groups in total. The molecule has 0 amide bonds. The van der Waals surface area contributed by atoms with Gasteiger partial charge in [0.2, 0.25) is 5.88 Å². The van der Waals surface area contributed by atoms with Gasteiger partial charge in [0.15, 0.2) is 0 Å². The number of rotatable bonds is 4. The van der Waals surface area contributed by atoms with Crippen LogP contribution < -0.4 is 4.74 Å². The minimum absolute atomic E-state index is 0.132. The summed E-state index contributed by atoms with van der Waals surface area (Å²) < 4.78 is 6.29. The highest BCUT2D eigenvalue weighted by molar-refractivity contribution is 7.17. The number of hydrogen-bond acceptors (Lipinski definition) is 4. The number of fused-ring (bicyclic) bond motifs is 1. The van der Waals surface area contributed by atoms with Crippen molar-refractivity contribution in [3.8, 4) is 17.0 Å². The second-order valence-corrected chi connectivity index (χ2v) is 9.86. The first kappa shape index (κ1) is 20.5. The van der Waals surface area contributed by atoms with Gasteiger partial charge in [-0.05, 0) is 54.0 Å². The minimum Gasteiger partial charge on any atom is -0.472 e. The number of aromatic nitrogens is 2. The average molecular weight is 417 g/mol. The monoisotopic (exact) mass is 416 g/mol. The van der Waals surface area contributed by atoms with Crippen molar-refractivity contribution in [2.75, 3.05) is 0 Å². The highest BCUT2D eigenvalue weighted by atomic mass is 32.1. The summed E-state index contributed by atoms with van der Waals surface area (Å²) in [5.74, 6) is 0.649. The molecule has 4 heteroatoms. The Morgan fingerprint density at radius 3 is 2.23 bits per heavy atom. The van der Waals surface area contributed by atoms with E-state index in [4.69, 9.17) is 4.74 Å². The van der Waals surface area contributed by atoms with E-state index in [0.29, 0.717) is 12.5 Å². The van der Waals surface area contributed by atoms with Gasteiger partial charge in [-0.25, -0.2) is 9.97 Å². The van der Waals surface area contributed by atoms with Gasteiger partial charge in [-0.1, -0.05) is 62.7 Å². The number of thiophene rings is 1. The molecule has 0 saturated carbocycles. The quantitative estimate of drug-likeness (QED) is 0.354. The van der Waals surface area contributed by atoms with E-state index >= 15 is 0 Å². The van der Waals surface area contributed by atoms with Gasteiger partial charge in [0.05, 0.1) is 5.39 Å². The summed E-state index contributed by atoms with van der Waals surface area (Å²) in [6, 6.07) is 13.1. The van der Waals surface area contributed by atoms with Crippen LogP contribution in [0.4, 0.5) is 0 Å². The van der Waals surface area contributed by atoms with Crippen LogP contribution in [0.1, 0.15) is 48.6 Å². The lowest BCUT2D eigenvalue weighted by Crippen LogP contribution is -2.13. The zero-order valence-corrected chi connectivity index (χ0v) is 19.4. The van der Waals surface area contributed by atoms with E-state index in [0.717, 1.165) is 21.3 Å². The second kappa shape index (κ2) is 7.84. The van der Waals surface area contributed by atoms with Gasteiger partial charge in [0.25, 0.3) is 0 Å². The van der Waals surface area contributed by atoms with Gasteiger partial charge in [0.1, 0.15) is 17.8 Å². The van der Waals surface area contributed by atoms with Crippen molar-refractivity contribution in [3.63, 3.8) is 0 Å². The van der Waals surface area contributed by atoms with Gasteiger partial charge in [-0.15, -0.1) is 11.3 Å². The molecule has 0 fully saturated rings. The lowest BCUT2D eigenvalue weighted by Gasteiger charge is -2.22. The average Bonchev–Trinajstić information content (AvgIpc) is 3.12. The summed E-state index contributed by atoms with van der Waals surface area (Å²) in [5, 5.41) is 3.14. The molecule has 4 rings (SSSR count). The van der Waals surface area contributed by atoms with Crippen molar-refractivity contribution in [1.82, 2.24) is 9.97 Å². The SMILES string of the molecule is Cc1ccc(-c2csc3ncnc(OCc4c(C)cc(C(C)(C)C)cc4C)c23)cc1. The second-order valence-electron chi connectivity index (χ2n) is 9.00. The van der Waals surface area contributed by atoms with Crippen LogP contribution in [0, 0.1) is 20.8 Å². The molecule has 2 aromatic carbocycles. The number of ether oxygens (including phenoxy) is 1. The van der Waals surface area contributed by atoms with Crippen LogP contribution in [-0.4, -0.2) is 9.97 Å². The number of nitrogens with zero attached hydrogens (tertiary/aromatic N) is 2. The summed E-state index contributed by atoms with van der Waals surface area (Å²) in [6.45, 7) is 13.7. The van der Waals surface area contributed by atoms with Gasteiger partial charge < -0.3 is 4.74 Å². The fourth-order valence-corrected chi connectivity index (χ4v) is 4.60. The zero-order valence-electron chi connectivity index (χ0n) is 18.5. The summed E-state index contributed by atoms with van der Waals surface area (Å²) in [7, 11) is 0. The standard InChI is InChI=1S/C26H28N2OS/c1-16-7-9-19(10-8-16)22-14-30-25-23(22)24(27-15-28-25)29-13-21-17(2)11-20(12-18(21)3)26(4,5)6/h7-12,14-15H,13H2,1-6H3. The number of benzene rings is 2. The molecule has 0 radical (unpaired) electrons. The van der Waals surface area contributed by atoms with E-state index in [1.165, 1.54) is 27.8 Å². The Hall–Kier alpha value is -2.72. The van der Waals surface area contributed by atoms with Crippen LogP contribution in [0.3, 0.4) is 0 Å². The fraction of sp³-hybridized carbons (Fsp3) is 0.308. The van der Waals surface area contributed by atoms with Crippen molar-refractivity contribution < 1.29 is 4.74 Å². The molecule has 0 bridgehead atoms. The van der Waals surface area contributed by atoms with E-state index in [1.807, 2.05) is 0 Å². The summed E-state index contributed by atoms with van der Waals surface area (Å²) in [6.07, 6.45) is 1.59. The molecule has 0 atom stereocenters. The van der Waals surface area contributed by atoms with E-state index in [1.54, 1.807) is 17.7 Å². The molecular formula is C26H28N2OS. The third kappa shape index (κ3) is 3.97. The molecule has 0 aliphatic rings. The van der Waals surface area contributed by atoms with E-state index < -0.39 is 0 Å². The van der Waals surface area contributed by atoms with Crippen molar-refractivity contribution in [3.05, 3.63) is 75.9 Å². The fourth-order valence-electron chi connectivity index (χ4n) is 3.70. The predicted octanol–water partition coefficient (Wildman–Crippen LogP) is 7.16. The Morgan fingerprint density at radius 1 is 0.933 bits per heavy atom. The maximum absolute atomic E-state index is 6.29. The van der Waals surface area contributed by atoms with Crippen LogP contribution in [0.2, 0.25) is 0 Å². The lowest BCUT2D eigenvalue weighted by atomic mass is 9.84. The Bertz CT molecular complexity index is 1180. The van der Waals surface area contributed by atoms with Crippen molar-refractivity contribution in [2.24, 2.45) is 0 Å². The van der Waals surface area contributed by atoms with Gasteiger partial charge in [-0.2, -0.15) is 0 Å². The van der Waals surface area contributed by atoms with Crippen LogP contribution in [0.15, 0.2) is 48.1 Å². The molecule has 0 aliphatic heterocycles. The molecule has 2 heterocycles. The number of hydrogen-bond donors (Lipinski definition) is 0. The minimum atomic E-state index is 0.132. The Labute approximate surface area is 182 Å². The third-order valence-electron chi connectivity index (χ3n) is 5.61. The third-order valence-corrected chi connectivity index (χ3v) is 6.50. The van der Waals surface area contributed by atoms with E-state index in [-0.39, 0.29) is 5.41 Å². The Morgan fingerprint density at radius 2 is 1.60 bits per heavy atom. The summed E-state index contributed by atoms with van der Waals surface area (Å²) in [5.41, 5.74) is 8.76. The van der Waals surface area contributed by atoms with E-state index in [2.05, 4.69) is 93.3 Å². The Kier molecular flexibility index (Phi) is 5.37. The van der Waals surface area contributed by atoms with Gasteiger partial charge in [0, 0.05) is 10.9 Å². The first-order chi connectivity index (χ1) is 14.2. The molecule has 154 valence electrons. The van der Waals surface area contributed by atoms with Crippen LogP contribution in [-0.2, 0) is 12.0 Å². The van der Waals surface area contributed by atoms with Gasteiger partial charge >= 0.3 is 0 Å². The van der Waals surface area contributed by atoms with Gasteiger partial charge in [-0.3, -0.25) is 0 Å². The maximum atomic E-state index is 6.29. The highest BCUT2D eigenvalue weighted by Crippen LogP contribution is 2.38. The summed E-state index contributed by atoms with van der Waals surface area (Å²) in [4.78, 5) is 9.90. The zero-order chi connectivity index (χ0) is 21.5. The molecule has 30 heavy (non-hydrogen) atoms. The first-order valence-corrected chi connectivity index (χ1v) is 11.1. The van der Waals surface area contributed by atoms with Crippen LogP contribution >= 0.6 is 11.3 Å². The molecule has 0 saturated heterocycles. The molecule has 3 nitrogen and oxygen atoms in total. The normalized spacial score (nSPS) is 11.8. The largest absolute Gasteiger partial charge is 0.472 e. The maximum Gasteiger partial charge on any atom is 0.226 e. The number of aryl methyl sites for hydroxylation is 3. The molecular weight excluding hydrogens is 388 g/mol. The lowest BCUT2D eigenvalue weighted by molar-refractivity contribution is 0.296. The van der Waals surface area contributed by atoms with Crippen LogP contribution in [0.5, 0.6) is 5.88 Å².